The zero-order valence-electron chi connectivity index (χ0n) is 15.3. The minimum absolute atomic E-state index is 0.0513. The highest BCUT2D eigenvalue weighted by Crippen LogP contribution is 2.06. The van der Waals surface area contributed by atoms with E-state index in [-0.39, 0.29) is 13.1 Å². The Morgan fingerprint density at radius 1 is 0.821 bits per heavy atom. The second kappa shape index (κ2) is 10.2. The van der Waals surface area contributed by atoms with Gasteiger partial charge in [0.25, 0.3) is 11.8 Å². The summed E-state index contributed by atoms with van der Waals surface area (Å²) in [6.07, 6.45) is -3.81. The molecular formula is C20H22N2O6. The van der Waals surface area contributed by atoms with E-state index in [0.29, 0.717) is 11.1 Å². The Morgan fingerprint density at radius 3 is 1.75 bits per heavy atom. The van der Waals surface area contributed by atoms with Gasteiger partial charge in [-0.15, -0.1) is 0 Å². The van der Waals surface area contributed by atoms with Gasteiger partial charge in [-0.05, 0) is 23.3 Å². The number of methoxy groups -OCH3 is 1. The van der Waals surface area contributed by atoms with E-state index in [4.69, 9.17) is 0 Å². The molecule has 2 unspecified atom stereocenters. The van der Waals surface area contributed by atoms with Crippen LogP contribution in [-0.2, 0) is 27.4 Å². The summed E-state index contributed by atoms with van der Waals surface area (Å²) in [6.45, 7) is 0.216. The van der Waals surface area contributed by atoms with Crippen molar-refractivity contribution in [2.75, 3.05) is 7.11 Å². The summed E-state index contributed by atoms with van der Waals surface area (Å²) in [6, 6.07) is 15.3. The highest BCUT2D eigenvalue weighted by Gasteiger charge is 2.29. The molecule has 0 saturated heterocycles. The molecule has 8 heteroatoms. The zero-order chi connectivity index (χ0) is 20.5. The molecule has 0 aliphatic heterocycles. The molecule has 2 aromatic carbocycles. The fourth-order valence-electron chi connectivity index (χ4n) is 2.35. The molecule has 2 atom stereocenters. The molecule has 0 fully saturated rings. The van der Waals surface area contributed by atoms with E-state index in [0.717, 1.165) is 5.56 Å². The smallest absolute Gasteiger partial charge is 0.337 e. The molecular weight excluding hydrogens is 364 g/mol. The fourth-order valence-corrected chi connectivity index (χ4v) is 2.35. The predicted octanol–water partition coefficient (Wildman–Crippen LogP) is 0.128. The number of nitrogens with one attached hydrogen (secondary N) is 2. The van der Waals surface area contributed by atoms with Gasteiger partial charge in [0.1, 0.15) is 0 Å². The first-order valence-electron chi connectivity index (χ1n) is 8.55. The van der Waals surface area contributed by atoms with Crippen LogP contribution in [-0.4, -0.2) is 47.3 Å². The average molecular weight is 386 g/mol. The first kappa shape index (κ1) is 21.1. The van der Waals surface area contributed by atoms with E-state index in [1.54, 1.807) is 36.4 Å². The second-order valence-electron chi connectivity index (χ2n) is 6.00. The molecule has 28 heavy (non-hydrogen) atoms. The third kappa shape index (κ3) is 5.90. The van der Waals surface area contributed by atoms with Crippen molar-refractivity contribution in [1.82, 2.24) is 10.6 Å². The molecule has 8 nitrogen and oxygen atoms in total. The Balaban J connectivity index is 1.82. The number of hydrogen-bond donors (Lipinski definition) is 4. The van der Waals surface area contributed by atoms with E-state index >= 15 is 0 Å². The lowest BCUT2D eigenvalue weighted by molar-refractivity contribution is -0.146. The minimum Gasteiger partial charge on any atom is -0.465 e. The van der Waals surface area contributed by atoms with Crippen LogP contribution < -0.4 is 10.6 Å². The first-order valence-corrected chi connectivity index (χ1v) is 8.55. The molecule has 0 saturated carbocycles. The van der Waals surface area contributed by atoms with Crippen LogP contribution in [0.25, 0.3) is 0 Å². The lowest BCUT2D eigenvalue weighted by Gasteiger charge is -2.17. The van der Waals surface area contributed by atoms with Crippen molar-refractivity contribution >= 4 is 17.8 Å². The van der Waals surface area contributed by atoms with Crippen molar-refractivity contribution in [2.45, 2.75) is 25.3 Å². The Kier molecular flexibility index (Phi) is 7.67. The number of hydrogen-bond acceptors (Lipinski definition) is 6. The molecule has 0 aromatic heterocycles. The summed E-state index contributed by atoms with van der Waals surface area (Å²) in [7, 11) is 1.28. The number of rotatable bonds is 8. The SMILES string of the molecule is COC(=O)c1ccc(CNC(=O)C(O)C(O)C(=O)NCc2ccccc2)cc1. The summed E-state index contributed by atoms with van der Waals surface area (Å²) in [4.78, 5) is 35.3. The minimum atomic E-state index is -1.91. The van der Waals surface area contributed by atoms with E-state index in [1.165, 1.54) is 19.2 Å². The van der Waals surface area contributed by atoms with Gasteiger partial charge in [0, 0.05) is 13.1 Å². The first-order chi connectivity index (χ1) is 13.4. The van der Waals surface area contributed by atoms with E-state index in [1.807, 2.05) is 6.07 Å². The monoisotopic (exact) mass is 386 g/mol. The summed E-state index contributed by atoms with van der Waals surface area (Å²) in [5, 5.41) is 24.7. The van der Waals surface area contributed by atoms with Crippen LogP contribution in [0.3, 0.4) is 0 Å². The zero-order valence-corrected chi connectivity index (χ0v) is 15.3. The number of aliphatic hydroxyl groups is 2. The van der Waals surface area contributed by atoms with Gasteiger partial charge in [0.05, 0.1) is 12.7 Å². The van der Waals surface area contributed by atoms with Gasteiger partial charge in [-0.25, -0.2) is 4.79 Å². The Bertz CT molecular complexity index is 807. The standard InChI is InChI=1S/C20H22N2O6/c1-28-20(27)15-9-7-14(8-10-15)12-22-19(26)17(24)16(23)18(25)21-11-13-5-3-2-4-6-13/h2-10,16-17,23-24H,11-12H2,1H3,(H,21,25)(H,22,26). The van der Waals surface area contributed by atoms with Gasteiger partial charge in [0.2, 0.25) is 0 Å². The normalized spacial score (nSPS) is 12.5. The lowest BCUT2D eigenvalue weighted by atomic mass is 10.1. The van der Waals surface area contributed by atoms with Gasteiger partial charge in [-0.2, -0.15) is 0 Å². The molecule has 0 radical (unpaired) electrons. The highest BCUT2D eigenvalue weighted by atomic mass is 16.5. The molecule has 0 bridgehead atoms. The van der Waals surface area contributed by atoms with Crippen molar-refractivity contribution in [1.29, 1.82) is 0 Å². The molecule has 2 aromatic rings. The van der Waals surface area contributed by atoms with Crippen molar-refractivity contribution in [2.24, 2.45) is 0 Å². The highest BCUT2D eigenvalue weighted by molar-refractivity contribution is 5.91. The largest absolute Gasteiger partial charge is 0.465 e. The van der Waals surface area contributed by atoms with Gasteiger partial charge in [0.15, 0.2) is 12.2 Å². The van der Waals surface area contributed by atoms with Crippen molar-refractivity contribution in [3.63, 3.8) is 0 Å². The van der Waals surface area contributed by atoms with E-state index in [2.05, 4.69) is 15.4 Å². The van der Waals surface area contributed by atoms with Crippen molar-refractivity contribution in [3.05, 3.63) is 71.3 Å². The number of ether oxygens (including phenoxy) is 1. The molecule has 148 valence electrons. The summed E-state index contributed by atoms with van der Waals surface area (Å²) >= 11 is 0. The number of aliphatic hydroxyl groups excluding tert-OH is 2. The predicted molar refractivity (Wildman–Crippen MR) is 99.9 cm³/mol. The van der Waals surface area contributed by atoms with E-state index < -0.39 is 30.0 Å². The summed E-state index contributed by atoms with van der Waals surface area (Å²) in [5.41, 5.74) is 1.84. The number of amides is 2. The quantitative estimate of drug-likeness (QED) is 0.478. The number of esters is 1. The maximum atomic E-state index is 12.0. The molecule has 0 aliphatic carbocycles. The Hall–Kier alpha value is -3.23. The van der Waals surface area contributed by atoms with Gasteiger partial charge in [-0.1, -0.05) is 42.5 Å². The number of benzene rings is 2. The Morgan fingerprint density at radius 2 is 1.29 bits per heavy atom. The maximum absolute atomic E-state index is 12.0. The molecule has 0 spiro atoms. The van der Waals surface area contributed by atoms with Crippen LogP contribution in [0, 0.1) is 0 Å². The molecule has 4 N–H and O–H groups in total. The van der Waals surface area contributed by atoms with Gasteiger partial charge >= 0.3 is 5.97 Å². The summed E-state index contributed by atoms with van der Waals surface area (Å²) < 4.78 is 4.60. The molecule has 2 amide bonds. The fraction of sp³-hybridized carbons (Fsp3) is 0.250. The van der Waals surface area contributed by atoms with Gasteiger partial charge < -0.3 is 25.6 Å². The van der Waals surface area contributed by atoms with Crippen LogP contribution in [0.2, 0.25) is 0 Å². The average Bonchev–Trinajstić information content (AvgIpc) is 2.75. The topological polar surface area (TPSA) is 125 Å². The molecule has 2 rings (SSSR count). The second-order valence-corrected chi connectivity index (χ2v) is 6.00. The molecule has 0 aliphatic rings. The third-order valence-corrected chi connectivity index (χ3v) is 3.99. The van der Waals surface area contributed by atoms with Crippen LogP contribution in [0.15, 0.2) is 54.6 Å². The third-order valence-electron chi connectivity index (χ3n) is 3.99. The van der Waals surface area contributed by atoms with Gasteiger partial charge in [-0.3, -0.25) is 9.59 Å². The van der Waals surface area contributed by atoms with Crippen LogP contribution in [0.5, 0.6) is 0 Å². The Labute approximate surface area is 162 Å². The van der Waals surface area contributed by atoms with Crippen molar-refractivity contribution in [3.8, 4) is 0 Å². The van der Waals surface area contributed by atoms with Crippen LogP contribution >= 0.6 is 0 Å². The molecule has 0 heterocycles. The number of carbonyl (C=O) groups excluding carboxylic acids is 3. The summed E-state index contributed by atoms with van der Waals surface area (Å²) in [5.74, 6) is -2.22. The van der Waals surface area contributed by atoms with E-state index in [9.17, 15) is 24.6 Å². The lowest BCUT2D eigenvalue weighted by Crippen LogP contribution is -2.49. The van der Waals surface area contributed by atoms with Crippen molar-refractivity contribution < 1.29 is 29.3 Å². The van der Waals surface area contributed by atoms with Crippen LogP contribution in [0.1, 0.15) is 21.5 Å². The van der Waals surface area contributed by atoms with Crippen LogP contribution in [0.4, 0.5) is 0 Å². The maximum Gasteiger partial charge on any atom is 0.337 e. The number of carbonyl (C=O) groups is 3.